The SMILES string of the molecule is O=C(NC1CSC1)c1cc(NC(=O)[C@H]2[C@H](c3ccc(Cl)c(Cl)c3)C2(Cl)Cl)ccc1Cl. The van der Waals surface area contributed by atoms with Crippen molar-refractivity contribution in [3.05, 3.63) is 62.6 Å². The molecule has 1 aliphatic carbocycles. The fourth-order valence-corrected chi connectivity index (χ4v) is 5.33. The van der Waals surface area contributed by atoms with Crippen molar-refractivity contribution in [1.29, 1.82) is 0 Å². The molecule has 4 nitrogen and oxygen atoms in total. The second-order valence-electron chi connectivity index (χ2n) is 7.20. The molecule has 0 unspecified atom stereocenters. The van der Waals surface area contributed by atoms with Gasteiger partial charge in [-0.05, 0) is 35.9 Å². The molecule has 2 atom stereocenters. The molecule has 2 fully saturated rings. The van der Waals surface area contributed by atoms with Crippen LogP contribution in [0.25, 0.3) is 0 Å². The van der Waals surface area contributed by atoms with Gasteiger partial charge in [0, 0.05) is 29.2 Å². The number of rotatable bonds is 5. The molecule has 1 saturated heterocycles. The van der Waals surface area contributed by atoms with Gasteiger partial charge in [0.05, 0.1) is 26.5 Å². The molecule has 1 heterocycles. The van der Waals surface area contributed by atoms with Gasteiger partial charge in [0.2, 0.25) is 5.91 Å². The van der Waals surface area contributed by atoms with Gasteiger partial charge in [0.1, 0.15) is 4.33 Å². The summed E-state index contributed by atoms with van der Waals surface area (Å²) in [5, 5.41) is 6.77. The third-order valence-corrected chi connectivity index (χ3v) is 8.38. The van der Waals surface area contributed by atoms with Crippen molar-refractivity contribution >= 4 is 87.3 Å². The Morgan fingerprint density at radius 1 is 0.967 bits per heavy atom. The summed E-state index contributed by atoms with van der Waals surface area (Å²) in [7, 11) is 0. The summed E-state index contributed by atoms with van der Waals surface area (Å²) in [6, 6.07) is 9.92. The quantitative estimate of drug-likeness (QED) is 0.471. The van der Waals surface area contributed by atoms with Crippen LogP contribution in [0.2, 0.25) is 15.1 Å². The summed E-state index contributed by atoms with van der Waals surface area (Å²) in [4.78, 5) is 25.3. The van der Waals surface area contributed by atoms with Crippen LogP contribution < -0.4 is 10.6 Å². The number of carbonyl (C=O) groups is 2. The van der Waals surface area contributed by atoms with Crippen molar-refractivity contribution < 1.29 is 9.59 Å². The third-order valence-electron chi connectivity index (χ3n) is 5.09. The molecule has 1 aliphatic heterocycles. The van der Waals surface area contributed by atoms with Crippen LogP contribution in [0.4, 0.5) is 5.69 Å². The number of halogens is 5. The van der Waals surface area contributed by atoms with Crippen LogP contribution in [0.1, 0.15) is 21.8 Å². The van der Waals surface area contributed by atoms with Gasteiger partial charge in [-0.3, -0.25) is 9.59 Å². The summed E-state index contributed by atoms with van der Waals surface area (Å²) in [5.41, 5.74) is 1.46. The molecular formula is C20H15Cl5N2O2S. The number of alkyl halides is 2. The number of amides is 2. The van der Waals surface area contributed by atoms with E-state index in [1.54, 1.807) is 48.2 Å². The molecule has 158 valence electrons. The summed E-state index contributed by atoms with van der Waals surface area (Å²) >= 11 is 32.8. The number of hydrogen-bond donors (Lipinski definition) is 2. The molecule has 0 spiro atoms. The lowest BCUT2D eigenvalue weighted by molar-refractivity contribution is -0.117. The van der Waals surface area contributed by atoms with E-state index in [1.807, 2.05) is 0 Å². The number of hydrogen-bond acceptors (Lipinski definition) is 3. The zero-order valence-corrected chi connectivity index (χ0v) is 19.8. The first kappa shape index (κ1) is 22.4. The van der Waals surface area contributed by atoms with Crippen LogP contribution in [0.5, 0.6) is 0 Å². The number of benzene rings is 2. The largest absolute Gasteiger partial charge is 0.348 e. The summed E-state index contributed by atoms with van der Waals surface area (Å²) in [6.45, 7) is 0. The van der Waals surface area contributed by atoms with Crippen LogP contribution in [-0.4, -0.2) is 33.7 Å². The molecule has 2 aliphatic rings. The van der Waals surface area contributed by atoms with E-state index in [0.717, 1.165) is 17.1 Å². The molecule has 10 heteroatoms. The van der Waals surface area contributed by atoms with Gasteiger partial charge in [-0.25, -0.2) is 0 Å². The summed E-state index contributed by atoms with van der Waals surface area (Å²) in [5.74, 6) is 0.0152. The van der Waals surface area contributed by atoms with E-state index in [9.17, 15) is 9.59 Å². The topological polar surface area (TPSA) is 58.2 Å². The van der Waals surface area contributed by atoms with Gasteiger partial charge in [-0.2, -0.15) is 11.8 Å². The second-order valence-corrected chi connectivity index (χ2v) is 10.9. The van der Waals surface area contributed by atoms with E-state index < -0.39 is 16.2 Å². The lowest BCUT2D eigenvalue weighted by Crippen LogP contribution is -2.43. The molecule has 2 amide bonds. The first-order valence-corrected chi connectivity index (χ1v) is 12.0. The number of nitrogens with one attached hydrogen (secondary N) is 2. The average molecular weight is 525 g/mol. The van der Waals surface area contributed by atoms with Gasteiger partial charge in [-0.1, -0.05) is 40.9 Å². The van der Waals surface area contributed by atoms with E-state index in [-0.39, 0.29) is 17.9 Å². The monoisotopic (exact) mass is 522 g/mol. The molecule has 1 saturated carbocycles. The van der Waals surface area contributed by atoms with E-state index >= 15 is 0 Å². The zero-order valence-electron chi connectivity index (χ0n) is 15.2. The smallest absolute Gasteiger partial charge is 0.253 e. The summed E-state index contributed by atoms with van der Waals surface area (Å²) < 4.78 is -1.27. The molecular weight excluding hydrogens is 510 g/mol. The van der Waals surface area contributed by atoms with Crippen LogP contribution in [-0.2, 0) is 4.79 Å². The lowest BCUT2D eigenvalue weighted by atomic mass is 10.1. The first-order valence-electron chi connectivity index (χ1n) is 9.00. The summed E-state index contributed by atoms with van der Waals surface area (Å²) in [6.07, 6.45) is 0. The van der Waals surface area contributed by atoms with E-state index in [4.69, 9.17) is 58.0 Å². The van der Waals surface area contributed by atoms with Crippen molar-refractivity contribution in [2.45, 2.75) is 16.3 Å². The highest BCUT2D eigenvalue weighted by Gasteiger charge is 2.67. The van der Waals surface area contributed by atoms with E-state index in [2.05, 4.69) is 10.6 Å². The Morgan fingerprint density at radius 3 is 2.30 bits per heavy atom. The third kappa shape index (κ3) is 4.38. The predicted octanol–water partition coefficient (Wildman–Crippen LogP) is 6.02. The first-order chi connectivity index (χ1) is 14.2. The molecule has 2 aromatic rings. The van der Waals surface area contributed by atoms with Crippen molar-refractivity contribution in [1.82, 2.24) is 5.32 Å². The lowest BCUT2D eigenvalue weighted by Gasteiger charge is -2.26. The Morgan fingerprint density at radius 2 is 1.67 bits per heavy atom. The number of anilines is 1. The van der Waals surface area contributed by atoms with Crippen LogP contribution in [0, 0.1) is 5.92 Å². The van der Waals surface area contributed by atoms with Gasteiger partial charge >= 0.3 is 0 Å². The highest BCUT2D eigenvalue weighted by atomic mass is 35.5. The van der Waals surface area contributed by atoms with E-state index in [0.29, 0.717) is 26.3 Å². The van der Waals surface area contributed by atoms with Crippen molar-refractivity contribution in [2.75, 3.05) is 16.8 Å². The highest BCUT2D eigenvalue weighted by Crippen LogP contribution is 2.65. The molecule has 0 aromatic heterocycles. The Kier molecular flexibility index (Phi) is 6.42. The molecule has 0 radical (unpaired) electrons. The van der Waals surface area contributed by atoms with Crippen molar-refractivity contribution in [3.63, 3.8) is 0 Å². The maximum absolute atomic E-state index is 12.8. The number of thioether (sulfide) groups is 1. The van der Waals surface area contributed by atoms with Gasteiger partial charge < -0.3 is 10.6 Å². The Bertz CT molecular complexity index is 1030. The van der Waals surface area contributed by atoms with Crippen LogP contribution >= 0.6 is 69.8 Å². The van der Waals surface area contributed by atoms with Crippen molar-refractivity contribution in [2.24, 2.45) is 5.92 Å². The minimum absolute atomic E-state index is 0.142. The molecule has 0 bridgehead atoms. The van der Waals surface area contributed by atoms with Crippen LogP contribution in [0.3, 0.4) is 0 Å². The Labute approximate surface area is 202 Å². The fourth-order valence-electron chi connectivity index (χ4n) is 3.35. The Balaban J connectivity index is 1.49. The molecule has 30 heavy (non-hydrogen) atoms. The second kappa shape index (κ2) is 8.61. The van der Waals surface area contributed by atoms with Crippen molar-refractivity contribution in [3.8, 4) is 0 Å². The maximum atomic E-state index is 12.8. The Hall–Kier alpha value is -0.820. The standard InChI is InChI=1S/C20H15Cl5N2O2S/c21-13-4-2-10(6-12(13)18(28)27-11-7-30-8-11)26-19(29)17-16(20(17,24)25)9-1-3-14(22)15(23)5-9/h1-6,11,16-17H,7-8H2,(H,26,29)(H,27,28)/t16-,17+/m0/s1. The normalized spacial score (nSPS) is 22.2. The number of carbonyl (C=O) groups excluding carboxylic acids is 2. The van der Waals surface area contributed by atoms with E-state index in [1.165, 1.54) is 0 Å². The van der Waals surface area contributed by atoms with Gasteiger partial charge in [-0.15, -0.1) is 23.2 Å². The predicted molar refractivity (Wildman–Crippen MR) is 126 cm³/mol. The fraction of sp³-hybridized carbons (Fsp3) is 0.300. The minimum Gasteiger partial charge on any atom is -0.348 e. The van der Waals surface area contributed by atoms with Crippen LogP contribution in [0.15, 0.2) is 36.4 Å². The van der Waals surface area contributed by atoms with Gasteiger partial charge in [0.15, 0.2) is 0 Å². The zero-order chi connectivity index (χ0) is 21.6. The average Bonchev–Trinajstić information content (AvgIpc) is 3.24. The molecule has 4 rings (SSSR count). The molecule has 2 N–H and O–H groups in total. The maximum Gasteiger partial charge on any atom is 0.253 e. The highest BCUT2D eigenvalue weighted by molar-refractivity contribution is 8.00. The van der Waals surface area contributed by atoms with Gasteiger partial charge in [0.25, 0.3) is 5.91 Å². The molecule has 2 aromatic carbocycles. The minimum atomic E-state index is -1.27.